The van der Waals surface area contributed by atoms with Gasteiger partial charge in [-0.2, -0.15) is 0 Å². The van der Waals surface area contributed by atoms with Gasteiger partial charge in [0.05, 0.1) is 24.7 Å². The molecule has 140 valence electrons. The average Bonchev–Trinajstić information content (AvgIpc) is 2.60. The topological polar surface area (TPSA) is 120 Å². The molecule has 25 heavy (non-hydrogen) atoms. The van der Waals surface area contributed by atoms with E-state index in [0.717, 1.165) is 32.0 Å². The fourth-order valence-electron chi connectivity index (χ4n) is 2.96. The second-order valence-corrected chi connectivity index (χ2v) is 7.83. The number of nitro benzene ring substituents is 1. The fourth-order valence-corrected chi connectivity index (χ4v) is 4.26. The molecule has 0 aromatic heterocycles. The van der Waals surface area contributed by atoms with Crippen LogP contribution in [-0.2, 0) is 14.8 Å². The van der Waals surface area contributed by atoms with Crippen molar-refractivity contribution in [3.05, 3.63) is 28.3 Å². The first-order valence-electron chi connectivity index (χ1n) is 7.85. The zero-order valence-corrected chi connectivity index (χ0v) is 15.1. The normalized spacial score (nSPS) is 17.2. The molecule has 0 amide bonds. The molecule has 9 nitrogen and oxygen atoms in total. The largest absolute Gasteiger partial charge is 0.497 e. The van der Waals surface area contributed by atoms with Gasteiger partial charge >= 0.3 is 0 Å². The van der Waals surface area contributed by atoms with E-state index in [2.05, 4.69) is 10.0 Å². The van der Waals surface area contributed by atoms with Crippen molar-refractivity contribution in [1.82, 2.24) is 10.0 Å². The molecular weight excluding hydrogens is 350 g/mol. The van der Waals surface area contributed by atoms with Gasteiger partial charge in [0.15, 0.2) is 4.90 Å². The van der Waals surface area contributed by atoms with Crippen molar-refractivity contribution in [2.45, 2.75) is 17.7 Å². The van der Waals surface area contributed by atoms with Gasteiger partial charge < -0.3 is 14.8 Å². The van der Waals surface area contributed by atoms with Gasteiger partial charge in [-0.05, 0) is 38.1 Å². The molecule has 0 radical (unpaired) electrons. The molecule has 2 N–H and O–H groups in total. The first kappa shape index (κ1) is 19.6. The van der Waals surface area contributed by atoms with Crippen LogP contribution in [-0.4, -0.2) is 53.8 Å². The third-order valence-corrected chi connectivity index (χ3v) is 5.85. The van der Waals surface area contributed by atoms with E-state index in [9.17, 15) is 18.5 Å². The molecular formula is C15H23N3O6S. The summed E-state index contributed by atoms with van der Waals surface area (Å²) in [4.78, 5) is 10.1. The number of rotatable bonds is 8. The SMILES string of the molecule is COCC1(CNS(=O)(=O)c2ccc(OC)cc2[N+](=O)[O-])CCNCC1. The molecule has 0 atom stereocenters. The number of nitrogens with one attached hydrogen (secondary N) is 2. The summed E-state index contributed by atoms with van der Waals surface area (Å²) in [5.74, 6) is 0.222. The summed E-state index contributed by atoms with van der Waals surface area (Å²) in [5, 5.41) is 14.5. The fraction of sp³-hybridized carbons (Fsp3) is 0.600. The molecule has 2 rings (SSSR count). The number of hydrogen-bond acceptors (Lipinski definition) is 7. The zero-order valence-electron chi connectivity index (χ0n) is 14.3. The lowest BCUT2D eigenvalue weighted by atomic mass is 9.80. The van der Waals surface area contributed by atoms with Crippen molar-refractivity contribution in [1.29, 1.82) is 0 Å². The van der Waals surface area contributed by atoms with Gasteiger partial charge in [0.1, 0.15) is 5.75 Å². The second kappa shape index (κ2) is 8.09. The summed E-state index contributed by atoms with van der Waals surface area (Å²) in [5.41, 5.74) is -0.841. The molecule has 0 spiro atoms. The maximum absolute atomic E-state index is 12.6. The smallest absolute Gasteiger partial charge is 0.293 e. The van der Waals surface area contributed by atoms with Gasteiger partial charge in [0.2, 0.25) is 10.0 Å². The third kappa shape index (κ3) is 4.66. The maximum Gasteiger partial charge on any atom is 0.293 e. The first-order chi connectivity index (χ1) is 11.8. The number of hydrogen-bond donors (Lipinski definition) is 2. The third-order valence-electron chi connectivity index (χ3n) is 4.40. The molecule has 1 aromatic carbocycles. The molecule has 1 aliphatic rings. The van der Waals surface area contributed by atoms with E-state index in [1.807, 2.05) is 0 Å². The summed E-state index contributed by atoms with van der Waals surface area (Å²) in [6.07, 6.45) is 1.52. The van der Waals surface area contributed by atoms with Crippen LogP contribution >= 0.6 is 0 Å². The van der Waals surface area contributed by atoms with Gasteiger partial charge in [-0.3, -0.25) is 10.1 Å². The number of nitrogens with zero attached hydrogens (tertiary/aromatic N) is 1. The van der Waals surface area contributed by atoms with Crippen molar-refractivity contribution in [3.8, 4) is 5.75 Å². The summed E-state index contributed by atoms with van der Waals surface area (Å²) in [6.45, 7) is 2.12. The Morgan fingerprint density at radius 2 is 2.00 bits per heavy atom. The van der Waals surface area contributed by atoms with Crippen molar-refractivity contribution < 1.29 is 22.8 Å². The lowest BCUT2D eigenvalue weighted by molar-refractivity contribution is -0.387. The highest BCUT2D eigenvalue weighted by Gasteiger charge is 2.35. The minimum Gasteiger partial charge on any atom is -0.497 e. The molecule has 1 fully saturated rings. The summed E-state index contributed by atoms with van der Waals surface area (Å²) < 4.78 is 38.0. The van der Waals surface area contributed by atoms with E-state index in [4.69, 9.17) is 9.47 Å². The van der Waals surface area contributed by atoms with E-state index in [-0.39, 0.29) is 22.6 Å². The lowest BCUT2D eigenvalue weighted by Gasteiger charge is -2.37. The van der Waals surface area contributed by atoms with E-state index in [1.165, 1.54) is 19.2 Å². The quantitative estimate of drug-likeness (QED) is 0.513. The van der Waals surface area contributed by atoms with Crippen LogP contribution in [0.15, 0.2) is 23.1 Å². The first-order valence-corrected chi connectivity index (χ1v) is 9.34. The number of piperidine rings is 1. The molecule has 0 bridgehead atoms. The minimum atomic E-state index is -4.04. The van der Waals surface area contributed by atoms with Crippen molar-refractivity contribution in [2.75, 3.05) is 40.5 Å². The zero-order chi connectivity index (χ0) is 18.5. The highest BCUT2D eigenvalue weighted by atomic mass is 32.2. The molecule has 1 saturated heterocycles. The van der Waals surface area contributed by atoms with E-state index < -0.39 is 20.6 Å². The molecule has 1 heterocycles. The van der Waals surface area contributed by atoms with Gasteiger partial charge in [-0.1, -0.05) is 0 Å². The van der Waals surface area contributed by atoms with Gasteiger partial charge in [-0.15, -0.1) is 0 Å². The Kier molecular flexibility index (Phi) is 6.33. The Morgan fingerprint density at radius 1 is 1.32 bits per heavy atom. The van der Waals surface area contributed by atoms with Crippen LogP contribution in [0, 0.1) is 15.5 Å². The number of sulfonamides is 1. The maximum atomic E-state index is 12.6. The Balaban J connectivity index is 2.25. The Hall–Kier alpha value is -1.75. The number of ether oxygens (including phenoxy) is 2. The van der Waals surface area contributed by atoms with Crippen LogP contribution in [0.25, 0.3) is 0 Å². The van der Waals surface area contributed by atoms with Crippen LogP contribution < -0.4 is 14.8 Å². The summed E-state index contributed by atoms with van der Waals surface area (Å²) in [6, 6.07) is 3.67. The Morgan fingerprint density at radius 3 is 2.56 bits per heavy atom. The van der Waals surface area contributed by atoms with Crippen LogP contribution in [0.3, 0.4) is 0 Å². The lowest BCUT2D eigenvalue weighted by Crippen LogP contribution is -2.47. The average molecular weight is 373 g/mol. The molecule has 1 aromatic rings. The summed E-state index contributed by atoms with van der Waals surface area (Å²) in [7, 11) is -1.11. The highest BCUT2D eigenvalue weighted by molar-refractivity contribution is 7.89. The van der Waals surface area contributed by atoms with Crippen LogP contribution in [0.4, 0.5) is 5.69 Å². The molecule has 1 aliphatic heterocycles. The van der Waals surface area contributed by atoms with Crippen molar-refractivity contribution in [2.24, 2.45) is 5.41 Å². The number of methoxy groups -OCH3 is 2. The van der Waals surface area contributed by atoms with Crippen molar-refractivity contribution in [3.63, 3.8) is 0 Å². The van der Waals surface area contributed by atoms with Gasteiger partial charge in [0.25, 0.3) is 5.69 Å². The van der Waals surface area contributed by atoms with Crippen molar-refractivity contribution >= 4 is 15.7 Å². The molecule has 0 unspecified atom stereocenters. The van der Waals surface area contributed by atoms with Crippen LogP contribution in [0.2, 0.25) is 0 Å². The predicted molar refractivity (Wildman–Crippen MR) is 91.2 cm³/mol. The summed E-state index contributed by atoms with van der Waals surface area (Å²) >= 11 is 0. The molecule has 10 heteroatoms. The minimum absolute atomic E-state index is 0.161. The van der Waals surface area contributed by atoms with Crippen LogP contribution in [0.1, 0.15) is 12.8 Å². The monoisotopic (exact) mass is 373 g/mol. The van der Waals surface area contributed by atoms with Gasteiger partial charge in [0, 0.05) is 19.1 Å². The highest BCUT2D eigenvalue weighted by Crippen LogP contribution is 2.31. The Bertz CT molecular complexity index is 710. The molecule has 0 saturated carbocycles. The van der Waals surface area contributed by atoms with Gasteiger partial charge in [-0.25, -0.2) is 13.1 Å². The van der Waals surface area contributed by atoms with Crippen LogP contribution in [0.5, 0.6) is 5.75 Å². The number of nitro groups is 1. The van der Waals surface area contributed by atoms with E-state index in [1.54, 1.807) is 7.11 Å². The van der Waals surface area contributed by atoms with E-state index in [0.29, 0.717) is 6.61 Å². The predicted octanol–water partition coefficient (Wildman–Crippen LogP) is 0.898. The second-order valence-electron chi connectivity index (χ2n) is 6.10. The van der Waals surface area contributed by atoms with E-state index >= 15 is 0 Å². The number of benzene rings is 1. The standard InChI is InChI=1S/C15H23N3O6S/c1-23-11-15(5-7-16-8-6-15)10-17-25(21,22)14-4-3-12(24-2)9-13(14)18(19)20/h3-4,9,16-17H,5-8,10-11H2,1-2H3. The molecule has 0 aliphatic carbocycles. The Labute approximate surface area is 146 Å².